The molecular formula is C15H30O2. The van der Waals surface area contributed by atoms with Crippen molar-refractivity contribution in [2.45, 2.75) is 79.1 Å². The summed E-state index contributed by atoms with van der Waals surface area (Å²) in [5, 5.41) is 9.65. The molecule has 0 bridgehead atoms. The minimum atomic E-state index is -0.573. The van der Waals surface area contributed by atoms with E-state index in [9.17, 15) is 9.90 Å². The van der Waals surface area contributed by atoms with Crippen LogP contribution in [0.1, 0.15) is 79.1 Å². The SMILES string of the molecule is CCCCC(CC)C(CC)(CCCC)C(=O)O. The van der Waals surface area contributed by atoms with Crippen molar-refractivity contribution >= 4 is 5.97 Å². The van der Waals surface area contributed by atoms with Gasteiger partial charge in [-0.2, -0.15) is 0 Å². The average Bonchev–Trinajstić information content (AvgIpc) is 2.33. The summed E-state index contributed by atoms with van der Waals surface area (Å²) in [6, 6.07) is 0. The fourth-order valence-corrected chi connectivity index (χ4v) is 2.92. The van der Waals surface area contributed by atoms with E-state index in [1.54, 1.807) is 0 Å². The lowest BCUT2D eigenvalue weighted by Crippen LogP contribution is -2.38. The molecular weight excluding hydrogens is 212 g/mol. The van der Waals surface area contributed by atoms with E-state index in [-0.39, 0.29) is 0 Å². The Hall–Kier alpha value is -0.530. The molecule has 0 amide bonds. The van der Waals surface area contributed by atoms with Gasteiger partial charge in [0.05, 0.1) is 5.41 Å². The number of carboxylic acid groups (broad SMARTS) is 1. The molecule has 0 aliphatic rings. The molecule has 0 aromatic carbocycles. The maximum absolute atomic E-state index is 11.7. The molecule has 0 saturated heterocycles. The Bertz CT molecular complexity index is 213. The number of hydrogen-bond acceptors (Lipinski definition) is 1. The van der Waals surface area contributed by atoms with E-state index >= 15 is 0 Å². The predicted octanol–water partition coefficient (Wildman–Crippen LogP) is 4.87. The van der Waals surface area contributed by atoms with E-state index in [0.29, 0.717) is 5.92 Å². The first-order valence-corrected chi connectivity index (χ1v) is 7.32. The number of carbonyl (C=O) groups is 1. The molecule has 0 radical (unpaired) electrons. The first-order chi connectivity index (χ1) is 8.08. The minimum absolute atomic E-state index is 0.344. The molecule has 17 heavy (non-hydrogen) atoms. The summed E-state index contributed by atoms with van der Waals surface area (Å²) in [5.74, 6) is -0.229. The second-order valence-electron chi connectivity index (χ2n) is 5.17. The quantitative estimate of drug-likeness (QED) is 0.593. The van der Waals surface area contributed by atoms with Gasteiger partial charge in [0.15, 0.2) is 0 Å². The fraction of sp³-hybridized carbons (Fsp3) is 0.933. The van der Waals surface area contributed by atoms with Crippen molar-refractivity contribution in [1.82, 2.24) is 0 Å². The minimum Gasteiger partial charge on any atom is -0.481 e. The maximum atomic E-state index is 11.7. The highest BCUT2D eigenvalue weighted by Crippen LogP contribution is 2.42. The largest absolute Gasteiger partial charge is 0.481 e. The fourth-order valence-electron chi connectivity index (χ4n) is 2.92. The molecule has 1 N–H and O–H groups in total. The number of carboxylic acids is 1. The van der Waals surface area contributed by atoms with Crippen molar-refractivity contribution < 1.29 is 9.90 Å². The van der Waals surface area contributed by atoms with Crippen LogP contribution in [0.2, 0.25) is 0 Å². The Morgan fingerprint density at radius 2 is 1.71 bits per heavy atom. The highest BCUT2D eigenvalue weighted by molar-refractivity contribution is 5.75. The lowest BCUT2D eigenvalue weighted by Gasteiger charge is -2.36. The smallest absolute Gasteiger partial charge is 0.309 e. The highest BCUT2D eigenvalue weighted by Gasteiger charge is 2.42. The molecule has 0 saturated carbocycles. The summed E-state index contributed by atoms with van der Waals surface area (Å²) >= 11 is 0. The molecule has 2 atom stereocenters. The first-order valence-electron chi connectivity index (χ1n) is 7.32. The molecule has 2 heteroatoms. The standard InChI is InChI=1S/C15H30O2/c1-5-9-11-13(7-3)15(8-4,14(16)17)12-10-6-2/h13H,5-12H2,1-4H3,(H,16,17). The zero-order valence-corrected chi connectivity index (χ0v) is 12.1. The van der Waals surface area contributed by atoms with E-state index < -0.39 is 11.4 Å². The number of unbranched alkanes of at least 4 members (excludes halogenated alkanes) is 2. The van der Waals surface area contributed by atoms with Crippen LogP contribution in [0.15, 0.2) is 0 Å². The zero-order chi connectivity index (χ0) is 13.3. The summed E-state index contributed by atoms with van der Waals surface area (Å²) in [6.45, 7) is 8.49. The molecule has 0 aliphatic heterocycles. The van der Waals surface area contributed by atoms with Crippen molar-refractivity contribution in [2.24, 2.45) is 11.3 Å². The third kappa shape index (κ3) is 4.33. The Labute approximate surface area is 107 Å². The first kappa shape index (κ1) is 16.5. The lowest BCUT2D eigenvalue weighted by atomic mass is 9.67. The van der Waals surface area contributed by atoms with Crippen molar-refractivity contribution in [2.75, 3.05) is 0 Å². The Kier molecular flexibility index (Phi) is 8.28. The van der Waals surface area contributed by atoms with Gasteiger partial charge >= 0.3 is 5.97 Å². The molecule has 2 unspecified atom stereocenters. The maximum Gasteiger partial charge on any atom is 0.309 e. The van der Waals surface area contributed by atoms with Gasteiger partial charge in [0.25, 0.3) is 0 Å². The van der Waals surface area contributed by atoms with Gasteiger partial charge in [0, 0.05) is 0 Å². The Balaban J connectivity index is 4.87. The lowest BCUT2D eigenvalue weighted by molar-refractivity contribution is -0.154. The van der Waals surface area contributed by atoms with Crippen LogP contribution in [0.3, 0.4) is 0 Å². The van der Waals surface area contributed by atoms with Gasteiger partial charge in [0.2, 0.25) is 0 Å². The third-order valence-electron chi connectivity index (χ3n) is 4.21. The van der Waals surface area contributed by atoms with Crippen molar-refractivity contribution in [3.8, 4) is 0 Å². The van der Waals surface area contributed by atoms with Crippen LogP contribution in [0.5, 0.6) is 0 Å². The van der Waals surface area contributed by atoms with Gasteiger partial charge in [-0.05, 0) is 25.2 Å². The van der Waals surface area contributed by atoms with Gasteiger partial charge in [-0.3, -0.25) is 4.79 Å². The summed E-state index contributed by atoms with van der Waals surface area (Å²) in [5.41, 5.74) is -0.472. The average molecular weight is 242 g/mol. The number of hydrogen-bond donors (Lipinski definition) is 1. The topological polar surface area (TPSA) is 37.3 Å². The van der Waals surface area contributed by atoms with Crippen LogP contribution in [-0.2, 0) is 4.79 Å². The summed E-state index contributed by atoms with van der Waals surface area (Å²) in [7, 11) is 0. The third-order valence-corrected chi connectivity index (χ3v) is 4.21. The van der Waals surface area contributed by atoms with Crippen molar-refractivity contribution in [3.05, 3.63) is 0 Å². The van der Waals surface area contributed by atoms with Crippen LogP contribution >= 0.6 is 0 Å². The van der Waals surface area contributed by atoms with E-state index in [0.717, 1.165) is 51.4 Å². The van der Waals surface area contributed by atoms with Gasteiger partial charge in [-0.25, -0.2) is 0 Å². The molecule has 0 aromatic rings. The Morgan fingerprint density at radius 3 is 2.06 bits per heavy atom. The van der Waals surface area contributed by atoms with Crippen LogP contribution in [0.4, 0.5) is 0 Å². The summed E-state index contributed by atoms with van der Waals surface area (Å²) < 4.78 is 0. The predicted molar refractivity (Wildman–Crippen MR) is 73.2 cm³/mol. The van der Waals surface area contributed by atoms with Crippen LogP contribution in [0.25, 0.3) is 0 Å². The van der Waals surface area contributed by atoms with Crippen molar-refractivity contribution in [3.63, 3.8) is 0 Å². The molecule has 0 heterocycles. The van der Waals surface area contributed by atoms with Gasteiger partial charge < -0.3 is 5.11 Å². The van der Waals surface area contributed by atoms with Crippen molar-refractivity contribution in [1.29, 1.82) is 0 Å². The molecule has 0 aromatic heterocycles. The zero-order valence-electron chi connectivity index (χ0n) is 12.1. The number of rotatable bonds is 10. The van der Waals surface area contributed by atoms with Gasteiger partial charge in [-0.15, -0.1) is 0 Å². The van der Waals surface area contributed by atoms with E-state index in [1.165, 1.54) is 0 Å². The molecule has 0 rings (SSSR count). The van der Waals surface area contributed by atoms with Gasteiger partial charge in [-0.1, -0.05) is 59.8 Å². The Morgan fingerprint density at radius 1 is 1.12 bits per heavy atom. The normalized spacial score (nSPS) is 16.5. The van der Waals surface area contributed by atoms with E-state index in [1.807, 2.05) is 6.92 Å². The van der Waals surface area contributed by atoms with Gasteiger partial charge in [0.1, 0.15) is 0 Å². The highest BCUT2D eigenvalue weighted by atomic mass is 16.4. The van der Waals surface area contributed by atoms with E-state index in [4.69, 9.17) is 0 Å². The van der Waals surface area contributed by atoms with E-state index in [2.05, 4.69) is 20.8 Å². The summed E-state index contributed by atoms with van der Waals surface area (Å²) in [6.07, 6.45) is 8.09. The molecule has 0 aliphatic carbocycles. The molecule has 0 fully saturated rings. The van der Waals surface area contributed by atoms with Crippen LogP contribution in [-0.4, -0.2) is 11.1 Å². The molecule has 0 spiro atoms. The second kappa shape index (κ2) is 8.54. The molecule has 102 valence electrons. The monoisotopic (exact) mass is 242 g/mol. The number of aliphatic carboxylic acids is 1. The van der Waals surface area contributed by atoms with Crippen LogP contribution in [0, 0.1) is 11.3 Å². The molecule has 2 nitrogen and oxygen atoms in total. The second-order valence-corrected chi connectivity index (χ2v) is 5.17. The summed E-state index contributed by atoms with van der Waals surface area (Å²) in [4.78, 5) is 11.7. The van der Waals surface area contributed by atoms with Crippen LogP contribution < -0.4 is 0 Å².